The van der Waals surface area contributed by atoms with Gasteiger partial charge in [0.25, 0.3) is 11.1 Å². The molecule has 0 spiro atoms. The van der Waals surface area contributed by atoms with Crippen LogP contribution in [0.5, 0.6) is 5.75 Å². The van der Waals surface area contributed by atoms with E-state index in [9.17, 15) is 18.8 Å². The molecule has 0 N–H and O–H groups in total. The highest BCUT2D eigenvalue weighted by atomic mass is 79.9. The Labute approximate surface area is 178 Å². The summed E-state index contributed by atoms with van der Waals surface area (Å²) in [5.74, 6) is -1.22. The minimum Gasteiger partial charge on any atom is -0.481 e. The van der Waals surface area contributed by atoms with Crippen molar-refractivity contribution in [2.24, 2.45) is 0 Å². The molecule has 2 amide bonds. The van der Waals surface area contributed by atoms with E-state index in [4.69, 9.17) is 4.74 Å². The first-order chi connectivity index (χ1) is 13.9. The topological polar surface area (TPSA) is 72.9 Å². The van der Waals surface area contributed by atoms with Gasteiger partial charge in [-0.1, -0.05) is 34.1 Å². The highest BCUT2D eigenvalue weighted by Crippen LogP contribution is 2.35. The number of imide groups is 1. The smallest absolute Gasteiger partial charge is 0.343 e. The van der Waals surface area contributed by atoms with Gasteiger partial charge in [0.2, 0.25) is 0 Å². The Kier molecular flexibility index (Phi) is 6.71. The van der Waals surface area contributed by atoms with Crippen LogP contribution in [0.25, 0.3) is 6.08 Å². The lowest BCUT2D eigenvalue weighted by Gasteiger charge is -2.13. The van der Waals surface area contributed by atoms with Crippen LogP contribution in [0.2, 0.25) is 0 Å². The Morgan fingerprint density at radius 3 is 2.72 bits per heavy atom. The number of halogens is 2. The van der Waals surface area contributed by atoms with Crippen molar-refractivity contribution in [1.29, 1.82) is 0 Å². The maximum atomic E-state index is 13.9. The molecular formula is C20H15BrFNO5S. The molecule has 0 radical (unpaired) electrons. The molecule has 1 saturated heterocycles. The van der Waals surface area contributed by atoms with Crippen molar-refractivity contribution in [1.82, 2.24) is 4.90 Å². The van der Waals surface area contributed by atoms with Crippen molar-refractivity contribution in [2.75, 3.05) is 13.7 Å². The second-order valence-corrected chi connectivity index (χ2v) is 7.82. The summed E-state index contributed by atoms with van der Waals surface area (Å²) >= 11 is 4.10. The van der Waals surface area contributed by atoms with Crippen LogP contribution in [0.4, 0.5) is 9.18 Å². The molecule has 0 unspecified atom stereocenters. The molecular weight excluding hydrogens is 465 g/mol. The van der Waals surface area contributed by atoms with Crippen LogP contribution in [-0.2, 0) is 20.9 Å². The number of hydrogen-bond acceptors (Lipinski definition) is 6. The van der Waals surface area contributed by atoms with Gasteiger partial charge in [0.15, 0.2) is 6.61 Å². The summed E-state index contributed by atoms with van der Waals surface area (Å²) in [6.07, 6.45) is 1.50. The van der Waals surface area contributed by atoms with Crippen LogP contribution in [0, 0.1) is 5.82 Å². The number of carbonyl (C=O) groups excluding carboxylic acids is 3. The van der Waals surface area contributed by atoms with Gasteiger partial charge in [0, 0.05) is 15.6 Å². The Hall–Kier alpha value is -2.65. The molecule has 0 atom stereocenters. The van der Waals surface area contributed by atoms with Crippen molar-refractivity contribution in [2.45, 2.75) is 6.54 Å². The van der Waals surface area contributed by atoms with E-state index in [1.165, 1.54) is 31.4 Å². The molecule has 0 aromatic heterocycles. The fraction of sp³-hybridized carbons (Fsp3) is 0.150. The third kappa shape index (κ3) is 5.04. The lowest BCUT2D eigenvalue weighted by atomic mass is 10.1. The van der Waals surface area contributed by atoms with Crippen LogP contribution in [0.3, 0.4) is 0 Å². The number of methoxy groups -OCH3 is 1. The molecule has 29 heavy (non-hydrogen) atoms. The first kappa shape index (κ1) is 21.1. The zero-order valence-corrected chi connectivity index (χ0v) is 17.6. The van der Waals surface area contributed by atoms with Gasteiger partial charge in [-0.3, -0.25) is 14.5 Å². The van der Waals surface area contributed by atoms with Crippen molar-refractivity contribution < 1.29 is 28.2 Å². The summed E-state index contributed by atoms with van der Waals surface area (Å²) in [5.41, 5.74) is 0.750. The van der Waals surface area contributed by atoms with Crippen LogP contribution in [0.15, 0.2) is 51.8 Å². The molecule has 1 heterocycles. The van der Waals surface area contributed by atoms with Crippen LogP contribution >= 0.6 is 27.7 Å². The zero-order chi connectivity index (χ0) is 21.0. The number of rotatable bonds is 6. The first-order valence-electron chi connectivity index (χ1n) is 8.37. The van der Waals surface area contributed by atoms with Gasteiger partial charge in [-0.15, -0.1) is 0 Å². The lowest BCUT2D eigenvalue weighted by molar-refractivity contribution is -0.142. The zero-order valence-electron chi connectivity index (χ0n) is 15.2. The number of thioether (sulfide) groups is 1. The van der Waals surface area contributed by atoms with Crippen molar-refractivity contribution in [3.8, 4) is 5.75 Å². The van der Waals surface area contributed by atoms with Crippen molar-refractivity contribution in [3.05, 3.63) is 68.8 Å². The number of nitrogens with zero attached hydrogens (tertiary/aromatic N) is 1. The summed E-state index contributed by atoms with van der Waals surface area (Å²) in [6.45, 7) is -0.452. The van der Waals surface area contributed by atoms with Gasteiger partial charge in [0.1, 0.15) is 11.6 Å². The first-order valence-corrected chi connectivity index (χ1v) is 9.98. The second kappa shape index (κ2) is 9.23. The van der Waals surface area contributed by atoms with Crippen LogP contribution < -0.4 is 4.74 Å². The molecule has 0 saturated carbocycles. The minimum absolute atomic E-state index is 0.154. The molecule has 150 valence electrons. The normalized spacial score (nSPS) is 15.1. The van der Waals surface area contributed by atoms with E-state index in [-0.39, 0.29) is 23.6 Å². The van der Waals surface area contributed by atoms with E-state index in [1.807, 2.05) is 0 Å². The highest BCUT2D eigenvalue weighted by molar-refractivity contribution is 9.10. The minimum atomic E-state index is -0.552. The molecule has 6 nitrogen and oxygen atoms in total. The molecule has 1 fully saturated rings. The Bertz CT molecular complexity index is 1010. The second-order valence-electron chi connectivity index (χ2n) is 5.91. The lowest BCUT2D eigenvalue weighted by Crippen LogP contribution is -2.27. The SMILES string of the molecule is COC(=O)COc1ccc(Br)cc1/C=C1\SC(=O)N(Cc2ccccc2F)C1=O. The summed E-state index contributed by atoms with van der Waals surface area (Å²) in [6, 6.07) is 11.0. The molecule has 1 aliphatic rings. The summed E-state index contributed by atoms with van der Waals surface area (Å²) < 4.78 is 24.6. The van der Waals surface area contributed by atoms with Gasteiger partial charge in [-0.05, 0) is 42.1 Å². The standard InChI is InChI=1S/C20H15BrFNO5S/c1-27-18(24)11-28-16-7-6-14(21)8-13(16)9-17-19(25)23(20(26)29-17)10-12-4-2-3-5-15(12)22/h2-9H,10-11H2,1H3/b17-9-. The van der Waals surface area contributed by atoms with E-state index in [2.05, 4.69) is 20.7 Å². The maximum Gasteiger partial charge on any atom is 0.343 e. The largest absolute Gasteiger partial charge is 0.481 e. The maximum absolute atomic E-state index is 13.9. The monoisotopic (exact) mass is 479 g/mol. The van der Waals surface area contributed by atoms with E-state index < -0.39 is 22.9 Å². The number of benzene rings is 2. The fourth-order valence-corrected chi connectivity index (χ4v) is 3.74. The number of amides is 2. The molecule has 0 aliphatic carbocycles. The quantitative estimate of drug-likeness (QED) is 0.452. The Morgan fingerprint density at radius 2 is 2.00 bits per heavy atom. The van der Waals surface area contributed by atoms with E-state index in [1.54, 1.807) is 24.3 Å². The Morgan fingerprint density at radius 1 is 1.24 bits per heavy atom. The van der Waals surface area contributed by atoms with Crippen LogP contribution in [0.1, 0.15) is 11.1 Å². The molecule has 2 aromatic carbocycles. The average molecular weight is 480 g/mol. The van der Waals surface area contributed by atoms with E-state index in [0.717, 1.165) is 21.1 Å². The predicted molar refractivity (Wildman–Crippen MR) is 110 cm³/mol. The Balaban J connectivity index is 1.84. The third-order valence-electron chi connectivity index (χ3n) is 3.99. The third-order valence-corrected chi connectivity index (χ3v) is 5.39. The van der Waals surface area contributed by atoms with Gasteiger partial charge in [-0.25, -0.2) is 9.18 Å². The van der Waals surface area contributed by atoms with E-state index in [0.29, 0.717) is 11.3 Å². The number of ether oxygens (including phenoxy) is 2. The number of carbonyl (C=O) groups is 3. The van der Waals surface area contributed by atoms with Crippen molar-refractivity contribution >= 4 is 50.9 Å². The fourth-order valence-electron chi connectivity index (χ4n) is 2.53. The molecule has 0 bridgehead atoms. The average Bonchev–Trinajstić information content (AvgIpc) is 2.96. The van der Waals surface area contributed by atoms with Crippen LogP contribution in [-0.4, -0.2) is 35.7 Å². The van der Waals surface area contributed by atoms with Crippen molar-refractivity contribution in [3.63, 3.8) is 0 Å². The molecule has 9 heteroatoms. The number of esters is 1. The van der Waals surface area contributed by atoms with E-state index >= 15 is 0 Å². The summed E-state index contributed by atoms with van der Waals surface area (Å²) in [4.78, 5) is 37.5. The molecule has 2 aromatic rings. The van der Waals surface area contributed by atoms with Gasteiger partial charge in [0.05, 0.1) is 18.6 Å². The number of hydrogen-bond donors (Lipinski definition) is 0. The summed E-state index contributed by atoms with van der Waals surface area (Å²) in [5, 5.41) is -0.489. The predicted octanol–water partition coefficient (Wildman–Crippen LogP) is 4.38. The van der Waals surface area contributed by atoms with Gasteiger partial charge >= 0.3 is 5.97 Å². The highest BCUT2D eigenvalue weighted by Gasteiger charge is 2.35. The van der Waals surface area contributed by atoms with Gasteiger partial charge in [-0.2, -0.15) is 0 Å². The summed E-state index contributed by atoms with van der Waals surface area (Å²) in [7, 11) is 1.25. The molecule has 3 rings (SSSR count). The van der Waals surface area contributed by atoms with Gasteiger partial charge < -0.3 is 9.47 Å². The molecule has 1 aliphatic heterocycles.